The minimum atomic E-state index is -2.05. The molecule has 0 aromatic carbocycles. The Hall–Kier alpha value is -0.581. The van der Waals surface area contributed by atoms with Crippen molar-refractivity contribution in [3.05, 3.63) is 23.9 Å². The fourth-order valence-electron chi connectivity index (χ4n) is 1.12. The van der Waals surface area contributed by atoms with Crippen LogP contribution >= 0.6 is 0 Å². The molecule has 0 aliphatic rings. The van der Waals surface area contributed by atoms with E-state index >= 15 is 0 Å². The molecule has 1 aromatic heterocycles. The molecule has 1 amide bonds. The Morgan fingerprint density at radius 2 is 2.00 bits per heavy atom. The second-order valence-corrected chi connectivity index (χ2v) is 18.6. The van der Waals surface area contributed by atoms with Crippen LogP contribution in [-0.4, -0.2) is 36.3 Å². The van der Waals surface area contributed by atoms with Gasteiger partial charge in [0.2, 0.25) is 0 Å². The van der Waals surface area contributed by atoms with Crippen molar-refractivity contribution in [3.63, 3.8) is 0 Å². The maximum atomic E-state index is 11.2. The number of pyridine rings is 1. The number of carbonyl (C=O) groups excluding carboxylic acids is 1. The Kier molecular flexibility index (Phi) is 3.53. The van der Waals surface area contributed by atoms with Crippen LogP contribution in [0.4, 0.5) is 0 Å². The molecule has 76 valence electrons. The van der Waals surface area contributed by atoms with Crippen molar-refractivity contribution < 1.29 is 4.79 Å². The number of rotatable bonds is 2. The maximum absolute atomic E-state index is 11.2. The van der Waals surface area contributed by atoms with Gasteiger partial charge in [-0.1, -0.05) is 0 Å². The van der Waals surface area contributed by atoms with Gasteiger partial charge in [0.1, 0.15) is 0 Å². The predicted molar refractivity (Wildman–Crippen MR) is 60.6 cm³/mol. The van der Waals surface area contributed by atoms with E-state index in [0.717, 1.165) is 0 Å². The first-order valence-corrected chi connectivity index (χ1v) is 14.6. The summed E-state index contributed by atoms with van der Waals surface area (Å²) in [5.41, 5.74) is 0.631. The molecule has 0 saturated carbocycles. The molecule has 0 spiro atoms. The van der Waals surface area contributed by atoms with Gasteiger partial charge in [0.15, 0.2) is 0 Å². The van der Waals surface area contributed by atoms with Gasteiger partial charge >= 0.3 is 88.8 Å². The van der Waals surface area contributed by atoms with E-state index in [1.54, 1.807) is 13.2 Å². The van der Waals surface area contributed by atoms with Crippen molar-refractivity contribution in [3.8, 4) is 0 Å². The zero-order valence-corrected chi connectivity index (χ0v) is 11.9. The van der Waals surface area contributed by atoms with Crippen LogP contribution in [0.1, 0.15) is 10.4 Å². The van der Waals surface area contributed by atoms with Crippen LogP contribution in [0.2, 0.25) is 14.8 Å². The molecule has 0 unspecified atom stereocenters. The average molecular weight is 299 g/mol. The van der Waals surface area contributed by atoms with Gasteiger partial charge in [0.25, 0.3) is 0 Å². The summed E-state index contributed by atoms with van der Waals surface area (Å²) in [7, 11) is 1.62. The molecule has 0 radical (unpaired) electrons. The molecule has 4 heteroatoms. The van der Waals surface area contributed by atoms with Gasteiger partial charge in [-0.05, 0) is 0 Å². The van der Waals surface area contributed by atoms with Crippen molar-refractivity contribution in [1.82, 2.24) is 10.3 Å². The van der Waals surface area contributed by atoms with Gasteiger partial charge < -0.3 is 0 Å². The summed E-state index contributed by atoms with van der Waals surface area (Å²) in [5.74, 6) is -0.0758. The standard InChI is InChI=1S/C7H7N2O.3CH3.Sn/c1-8-7(10)6-3-2-4-9-5-6;;;;/h2-3,5H,1H3,(H,8,10);3*1H3;. The summed E-state index contributed by atoms with van der Waals surface area (Å²) < 4.78 is 1.20. The summed E-state index contributed by atoms with van der Waals surface area (Å²) >= 11 is -2.05. The molecule has 0 saturated heterocycles. The van der Waals surface area contributed by atoms with Crippen molar-refractivity contribution in [1.29, 1.82) is 0 Å². The van der Waals surface area contributed by atoms with Crippen LogP contribution in [0.15, 0.2) is 18.3 Å². The van der Waals surface area contributed by atoms with E-state index in [-0.39, 0.29) is 5.91 Å². The van der Waals surface area contributed by atoms with Crippen LogP contribution in [0.5, 0.6) is 0 Å². The molecular formula is C10H16N2OSn. The molecule has 1 N–H and O–H groups in total. The molecular weight excluding hydrogens is 283 g/mol. The summed E-state index contributed by atoms with van der Waals surface area (Å²) in [4.78, 5) is 22.5. The third-order valence-electron chi connectivity index (χ3n) is 2.02. The Bertz CT molecular complexity index is 327. The average Bonchev–Trinajstić information content (AvgIpc) is 2.15. The number of hydrogen-bond acceptors (Lipinski definition) is 2. The third-order valence-corrected chi connectivity index (χ3v) is 7.25. The summed E-state index contributed by atoms with van der Waals surface area (Å²) in [6, 6.07) is 3.84. The van der Waals surface area contributed by atoms with Crippen molar-refractivity contribution in [2.45, 2.75) is 14.8 Å². The van der Waals surface area contributed by atoms with Crippen molar-refractivity contribution in [2.75, 3.05) is 7.05 Å². The number of nitrogens with zero attached hydrogens (tertiary/aromatic N) is 1. The summed E-state index contributed by atoms with van der Waals surface area (Å²) in [6.45, 7) is 0. The Balaban J connectivity index is 2.95. The third kappa shape index (κ3) is 2.70. The molecule has 0 aliphatic heterocycles. The van der Waals surface area contributed by atoms with Gasteiger partial charge in [-0.2, -0.15) is 0 Å². The van der Waals surface area contributed by atoms with Crippen LogP contribution in [0, 0.1) is 0 Å². The van der Waals surface area contributed by atoms with Crippen LogP contribution in [-0.2, 0) is 0 Å². The van der Waals surface area contributed by atoms with E-state index in [0.29, 0.717) is 5.56 Å². The van der Waals surface area contributed by atoms with E-state index in [2.05, 4.69) is 25.1 Å². The quantitative estimate of drug-likeness (QED) is 0.827. The number of aromatic nitrogens is 1. The van der Waals surface area contributed by atoms with Gasteiger partial charge in [-0.25, -0.2) is 0 Å². The molecule has 1 aromatic rings. The normalized spacial score (nSPS) is 11.1. The monoisotopic (exact) mass is 300 g/mol. The van der Waals surface area contributed by atoms with Gasteiger partial charge in [-0.15, -0.1) is 0 Å². The van der Waals surface area contributed by atoms with E-state index in [4.69, 9.17) is 0 Å². The molecule has 0 fully saturated rings. The molecule has 1 rings (SSSR count). The Labute approximate surface area is 88.8 Å². The molecule has 3 nitrogen and oxygen atoms in total. The zero-order chi connectivity index (χ0) is 10.8. The molecule has 0 bridgehead atoms. The van der Waals surface area contributed by atoms with Gasteiger partial charge in [0, 0.05) is 0 Å². The summed E-state index contributed by atoms with van der Waals surface area (Å²) in [5, 5.41) is 2.58. The van der Waals surface area contributed by atoms with Gasteiger partial charge in [-0.3, -0.25) is 0 Å². The predicted octanol–water partition coefficient (Wildman–Crippen LogP) is 0.986. The Morgan fingerprint density at radius 3 is 2.36 bits per heavy atom. The molecule has 1 heterocycles. The van der Waals surface area contributed by atoms with Crippen LogP contribution in [0.3, 0.4) is 0 Å². The second-order valence-electron chi connectivity index (χ2n) is 4.26. The van der Waals surface area contributed by atoms with E-state index in [1.807, 2.05) is 12.1 Å². The zero-order valence-electron chi connectivity index (χ0n) is 9.09. The second kappa shape index (κ2) is 4.29. The van der Waals surface area contributed by atoms with E-state index in [1.165, 1.54) is 3.71 Å². The topological polar surface area (TPSA) is 42.0 Å². The number of amides is 1. The first kappa shape index (κ1) is 11.5. The Morgan fingerprint density at radius 1 is 1.36 bits per heavy atom. The number of hydrogen-bond donors (Lipinski definition) is 1. The minimum absolute atomic E-state index is 0.0758. The fraction of sp³-hybridized carbons (Fsp3) is 0.400. The summed E-state index contributed by atoms with van der Waals surface area (Å²) in [6.07, 6.45) is 1.66. The molecule has 14 heavy (non-hydrogen) atoms. The number of nitrogens with one attached hydrogen (secondary N) is 1. The van der Waals surface area contributed by atoms with Crippen molar-refractivity contribution in [2.24, 2.45) is 0 Å². The van der Waals surface area contributed by atoms with Crippen LogP contribution < -0.4 is 9.03 Å². The molecule has 0 atom stereocenters. The van der Waals surface area contributed by atoms with Crippen LogP contribution in [0.25, 0.3) is 0 Å². The van der Waals surface area contributed by atoms with E-state index in [9.17, 15) is 4.79 Å². The first-order chi connectivity index (χ1) is 6.45. The SMILES string of the molecule is CNC(=O)c1cc[c]([Sn]([CH3])([CH3])[CH3])nc1. The molecule has 0 aliphatic carbocycles. The fourth-order valence-corrected chi connectivity index (χ4v) is 4.07. The number of carbonyl (C=O) groups is 1. The first-order valence-electron chi connectivity index (χ1n) is 4.64. The van der Waals surface area contributed by atoms with Crippen molar-refractivity contribution >= 4 is 28.0 Å². The van der Waals surface area contributed by atoms with E-state index < -0.39 is 18.4 Å². The van der Waals surface area contributed by atoms with Gasteiger partial charge in [0.05, 0.1) is 0 Å².